The van der Waals surface area contributed by atoms with Gasteiger partial charge in [-0.05, 0) is 18.6 Å². The molecule has 1 heterocycles. The number of nitrogens with zero attached hydrogens (tertiary/aromatic N) is 1. The van der Waals surface area contributed by atoms with Crippen LogP contribution in [0, 0.1) is 6.92 Å². The molecule has 0 aliphatic carbocycles. The second kappa shape index (κ2) is 6.40. The highest BCUT2D eigenvalue weighted by atomic mass is 35.5. The summed E-state index contributed by atoms with van der Waals surface area (Å²) in [7, 11) is 0. The van der Waals surface area contributed by atoms with Crippen LogP contribution in [0.4, 0.5) is 18.9 Å². The van der Waals surface area contributed by atoms with Crippen LogP contribution in [-0.4, -0.2) is 30.3 Å². The minimum Gasteiger partial charge on any atom is -0.362 e. The van der Waals surface area contributed by atoms with E-state index in [1.165, 1.54) is 6.07 Å². The number of anilines is 1. The van der Waals surface area contributed by atoms with Crippen molar-refractivity contribution < 1.29 is 22.7 Å². The summed E-state index contributed by atoms with van der Waals surface area (Å²) in [6.45, 7) is -0.616. The predicted molar refractivity (Wildman–Crippen MR) is 64.5 cm³/mol. The molecule has 0 radical (unpaired) electrons. The molecule has 1 aromatic heterocycles. The van der Waals surface area contributed by atoms with Gasteiger partial charge in [0.1, 0.15) is 18.4 Å². The minimum absolute atomic E-state index is 0.0471. The Labute approximate surface area is 116 Å². The SMILES string of the molecule is Cc1cc(Cl)nc(Cl)c1NC(=O)COCC(F)(F)F. The van der Waals surface area contributed by atoms with Crippen molar-refractivity contribution in [3.8, 4) is 0 Å². The Morgan fingerprint density at radius 1 is 1.47 bits per heavy atom. The first-order chi connectivity index (χ1) is 8.69. The van der Waals surface area contributed by atoms with Gasteiger partial charge in [0.15, 0.2) is 5.15 Å². The number of nitrogens with one attached hydrogen (secondary N) is 1. The summed E-state index contributed by atoms with van der Waals surface area (Å²) < 4.78 is 39.6. The Kier molecular flexibility index (Phi) is 5.39. The van der Waals surface area contributed by atoms with Crippen LogP contribution in [-0.2, 0) is 9.53 Å². The molecule has 0 atom stereocenters. The predicted octanol–water partition coefficient (Wildman–Crippen LogP) is 3.21. The monoisotopic (exact) mass is 316 g/mol. The molecule has 0 saturated heterocycles. The van der Waals surface area contributed by atoms with Crippen molar-refractivity contribution in [3.63, 3.8) is 0 Å². The van der Waals surface area contributed by atoms with Crippen LogP contribution < -0.4 is 5.32 Å². The molecule has 0 fully saturated rings. The number of halogens is 5. The highest BCUT2D eigenvalue weighted by Gasteiger charge is 2.27. The third-order valence-corrected chi connectivity index (χ3v) is 2.37. The lowest BCUT2D eigenvalue weighted by molar-refractivity contribution is -0.174. The van der Waals surface area contributed by atoms with Gasteiger partial charge in [0.25, 0.3) is 0 Å². The molecule has 9 heteroatoms. The van der Waals surface area contributed by atoms with Crippen LogP contribution in [0.2, 0.25) is 10.3 Å². The summed E-state index contributed by atoms with van der Waals surface area (Å²) in [6, 6.07) is 1.46. The van der Waals surface area contributed by atoms with Crippen LogP contribution >= 0.6 is 23.2 Å². The normalized spacial score (nSPS) is 11.5. The van der Waals surface area contributed by atoms with E-state index in [4.69, 9.17) is 23.2 Å². The van der Waals surface area contributed by atoms with E-state index in [9.17, 15) is 18.0 Å². The molecule has 0 spiro atoms. The fourth-order valence-electron chi connectivity index (χ4n) is 1.18. The molecule has 19 heavy (non-hydrogen) atoms. The molecule has 4 nitrogen and oxygen atoms in total. The highest BCUT2D eigenvalue weighted by molar-refractivity contribution is 6.34. The average Bonchev–Trinajstić information content (AvgIpc) is 2.21. The number of carbonyl (C=O) groups excluding carboxylic acids is 1. The first kappa shape index (κ1) is 16.0. The van der Waals surface area contributed by atoms with E-state index in [0.29, 0.717) is 5.56 Å². The molecule has 0 unspecified atom stereocenters. The number of aromatic nitrogens is 1. The Hall–Kier alpha value is -1.05. The van der Waals surface area contributed by atoms with E-state index >= 15 is 0 Å². The van der Waals surface area contributed by atoms with Crippen LogP contribution in [0.3, 0.4) is 0 Å². The zero-order valence-corrected chi connectivity index (χ0v) is 11.2. The fourth-order valence-corrected chi connectivity index (χ4v) is 1.76. The molecular formula is C10H9Cl2F3N2O2. The maximum Gasteiger partial charge on any atom is 0.411 e. The maximum absolute atomic E-state index is 11.8. The summed E-state index contributed by atoms with van der Waals surface area (Å²) >= 11 is 11.4. The summed E-state index contributed by atoms with van der Waals surface area (Å²) in [5.41, 5.74) is 0.723. The van der Waals surface area contributed by atoms with Gasteiger partial charge in [0, 0.05) is 0 Å². The molecule has 0 aliphatic rings. The van der Waals surface area contributed by atoms with E-state index < -0.39 is 25.3 Å². The third kappa shape index (κ3) is 5.63. The molecule has 1 N–H and O–H groups in total. The summed E-state index contributed by atoms with van der Waals surface area (Å²) in [5, 5.41) is 2.41. The second-order valence-corrected chi connectivity index (χ2v) is 4.33. The van der Waals surface area contributed by atoms with Crippen LogP contribution in [0.1, 0.15) is 5.56 Å². The van der Waals surface area contributed by atoms with E-state index in [-0.39, 0.29) is 16.0 Å². The zero-order valence-electron chi connectivity index (χ0n) is 9.65. The molecule has 1 rings (SSSR count). The van der Waals surface area contributed by atoms with Crippen molar-refractivity contribution >= 4 is 34.8 Å². The van der Waals surface area contributed by atoms with E-state index in [0.717, 1.165) is 0 Å². The van der Waals surface area contributed by atoms with Gasteiger partial charge in [0.05, 0.1) is 5.69 Å². The standard InChI is InChI=1S/C10H9Cl2F3N2O2/c1-5-2-6(11)16-9(12)8(5)17-7(18)3-19-4-10(13,14)15/h2H,3-4H2,1H3,(H,17,18). The van der Waals surface area contributed by atoms with Crippen molar-refractivity contribution in [1.29, 1.82) is 0 Å². The first-order valence-corrected chi connectivity index (χ1v) is 5.71. The number of aryl methyl sites for hydroxylation is 1. The van der Waals surface area contributed by atoms with Crippen molar-refractivity contribution in [2.24, 2.45) is 0 Å². The van der Waals surface area contributed by atoms with Gasteiger partial charge in [-0.3, -0.25) is 4.79 Å². The third-order valence-electron chi connectivity index (χ3n) is 1.90. The van der Waals surface area contributed by atoms with Gasteiger partial charge in [-0.2, -0.15) is 13.2 Å². The topological polar surface area (TPSA) is 51.2 Å². The van der Waals surface area contributed by atoms with Gasteiger partial charge >= 0.3 is 6.18 Å². The van der Waals surface area contributed by atoms with Crippen molar-refractivity contribution in [2.45, 2.75) is 13.1 Å². The van der Waals surface area contributed by atoms with Gasteiger partial charge < -0.3 is 10.1 Å². The average molecular weight is 317 g/mol. The van der Waals surface area contributed by atoms with Crippen molar-refractivity contribution in [3.05, 3.63) is 21.9 Å². The van der Waals surface area contributed by atoms with Crippen LogP contribution in [0.25, 0.3) is 0 Å². The summed E-state index contributed by atoms with van der Waals surface area (Å²) in [4.78, 5) is 15.1. The number of pyridine rings is 1. The lowest BCUT2D eigenvalue weighted by Gasteiger charge is -2.11. The van der Waals surface area contributed by atoms with E-state index in [1.54, 1.807) is 6.92 Å². The molecule has 0 aliphatic heterocycles. The Morgan fingerprint density at radius 2 is 2.11 bits per heavy atom. The molecule has 0 saturated carbocycles. The van der Waals surface area contributed by atoms with E-state index in [2.05, 4.69) is 15.0 Å². The lowest BCUT2D eigenvalue weighted by Crippen LogP contribution is -2.24. The summed E-state index contributed by atoms with van der Waals surface area (Å²) in [5.74, 6) is -0.765. The molecule has 1 amide bonds. The number of ether oxygens (including phenoxy) is 1. The lowest BCUT2D eigenvalue weighted by atomic mass is 10.2. The summed E-state index contributed by atoms with van der Waals surface area (Å²) in [6.07, 6.45) is -4.48. The number of hydrogen-bond donors (Lipinski definition) is 1. The van der Waals surface area contributed by atoms with Crippen molar-refractivity contribution in [1.82, 2.24) is 4.98 Å². The Balaban J connectivity index is 2.58. The molecular weight excluding hydrogens is 308 g/mol. The van der Waals surface area contributed by atoms with Crippen LogP contribution in [0.15, 0.2) is 6.07 Å². The Bertz CT molecular complexity index is 457. The fraction of sp³-hybridized carbons (Fsp3) is 0.400. The van der Waals surface area contributed by atoms with Crippen molar-refractivity contribution in [2.75, 3.05) is 18.5 Å². The smallest absolute Gasteiger partial charge is 0.362 e. The van der Waals surface area contributed by atoms with Crippen LogP contribution in [0.5, 0.6) is 0 Å². The molecule has 1 aromatic rings. The molecule has 0 bridgehead atoms. The van der Waals surface area contributed by atoms with Gasteiger partial charge in [-0.25, -0.2) is 4.98 Å². The van der Waals surface area contributed by atoms with Gasteiger partial charge in [-0.15, -0.1) is 0 Å². The first-order valence-electron chi connectivity index (χ1n) is 4.96. The van der Waals surface area contributed by atoms with Gasteiger partial charge in [-0.1, -0.05) is 23.2 Å². The highest BCUT2D eigenvalue weighted by Crippen LogP contribution is 2.26. The number of hydrogen-bond acceptors (Lipinski definition) is 3. The number of rotatable bonds is 4. The number of carbonyl (C=O) groups is 1. The maximum atomic E-state index is 11.8. The quantitative estimate of drug-likeness (QED) is 0.868. The molecule has 106 valence electrons. The second-order valence-electron chi connectivity index (χ2n) is 3.58. The zero-order chi connectivity index (χ0) is 14.6. The molecule has 0 aromatic carbocycles. The van der Waals surface area contributed by atoms with Gasteiger partial charge in [0.2, 0.25) is 5.91 Å². The largest absolute Gasteiger partial charge is 0.411 e. The minimum atomic E-state index is -4.48. The number of amides is 1. The van der Waals surface area contributed by atoms with E-state index in [1.807, 2.05) is 0 Å². The Morgan fingerprint density at radius 3 is 2.63 bits per heavy atom. The number of alkyl halides is 3.